The van der Waals surface area contributed by atoms with Crippen LogP contribution in [0, 0.1) is 11.8 Å². The highest BCUT2D eigenvalue weighted by Gasteiger charge is 2.32. The lowest BCUT2D eigenvalue weighted by Crippen LogP contribution is -2.59. The highest BCUT2D eigenvalue weighted by atomic mass is 32.2. The Bertz CT molecular complexity index is 600. The molecule has 5 unspecified atom stereocenters. The number of nitrogens with two attached hydrogens (primary N) is 1. The first kappa shape index (κ1) is 28.1. The van der Waals surface area contributed by atoms with Gasteiger partial charge in [0.15, 0.2) is 6.04 Å². The lowest BCUT2D eigenvalue weighted by molar-refractivity contribution is -0.145. The largest absolute Gasteiger partial charge is 0.480 e. The van der Waals surface area contributed by atoms with Crippen LogP contribution >= 0.6 is 11.8 Å². The van der Waals surface area contributed by atoms with Crippen molar-refractivity contribution in [2.24, 2.45) is 17.6 Å². The monoisotopic (exact) mass is 448 g/mol. The number of carbonyl (C=O) groups is 4. The molecule has 0 heterocycles. The fraction of sp³-hybridized carbons (Fsp3) is 0.789. The first-order valence-corrected chi connectivity index (χ1v) is 11.3. The molecule has 0 spiro atoms. The van der Waals surface area contributed by atoms with Gasteiger partial charge in [-0.3, -0.25) is 14.4 Å². The van der Waals surface area contributed by atoms with Crippen LogP contribution in [0.25, 0.3) is 0 Å². The van der Waals surface area contributed by atoms with Gasteiger partial charge in [0.25, 0.3) is 0 Å². The Balaban J connectivity index is 5.39. The first-order chi connectivity index (χ1) is 13.8. The molecule has 5 atom stereocenters. The van der Waals surface area contributed by atoms with E-state index < -0.39 is 54.0 Å². The van der Waals surface area contributed by atoms with E-state index in [0.29, 0.717) is 5.75 Å². The summed E-state index contributed by atoms with van der Waals surface area (Å²) in [6, 6.07) is -4.23. The van der Waals surface area contributed by atoms with Crippen molar-refractivity contribution >= 4 is 35.5 Å². The predicted octanol–water partition coefficient (Wildman–Crippen LogP) is -0.701. The van der Waals surface area contributed by atoms with Gasteiger partial charge in [-0.15, -0.1) is 0 Å². The van der Waals surface area contributed by atoms with Gasteiger partial charge < -0.3 is 31.9 Å². The molecule has 0 radical (unpaired) electrons. The molecular weight excluding hydrogens is 412 g/mol. The van der Waals surface area contributed by atoms with Crippen molar-refractivity contribution in [1.82, 2.24) is 16.0 Å². The second kappa shape index (κ2) is 13.5. The minimum atomic E-state index is -1.50. The van der Waals surface area contributed by atoms with Gasteiger partial charge in [-0.25, -0.2) is 4.79 Å². The number of amides is 3. The zero-order valence-electron chi connectivity index (χ0n) is 18.5. The fourth-order valence-corrected chi connectivity index (χ4v) is 2.97. The van der Waals surface area contributed by atoms with E-state index in [1.807, 2.05) is 6.26 Å². The standard InChI is InChI=1S/C19H36N4O6S/c1-9(2)13(20)17(26)22-14(10(3)4)18(27)21-12(7-8-30-6)16(25)23-15(11(5)24)19(28)29/h9-15,24H,7-8,20H2,1-6H3,(H,21,27)(H,22,26)(H,23,25)(H,28,29). The topological polar surface area (TPSA) is 171 Å². The number of carboxylic acids is 1. The molecular formula is C19H36N4O6S. The summed E-state index contributed by atoms with van der Waals surface area (Å²) in [5.74, 6) is -3.01. The number of hydrogen-bond acceptors (Lipinski definition) is 7. The normalized spacial score (nSPS) is 16.3. The predicted molar refractivity (Wildman–Crippen MR) is 116 cm³/mol. The summed E-state index contributed by atoms with van der Waals surface area (Å²) in [5.41, 5.74) is 5.85. The second-order valence-electron chi connectivity index (χ2n) is 7.91. The first-order valence-electron chi connectivity index (χ1n) is 9.89. The number of aliphatic hydroxyl groups excluding tert-OH is 1. The molecule has 0 aliphatic rings. The van der Waals surface area contributed by atoms with E-state index in [-0.39, 0.29) is 18.3 Å². The Hall–Kier alpha value is -1.85. The summed E-state index contributed by atoms with van der Waals surface area (Å²) in [6.45, 7) is 8.32. The third kappa shape index (κ3) is 9.31. The third-order valence-corrected chi connectivity index (χ3v) is 5.20. The van der Waals surface area contributed by atoms with Gasteiger partial charge in [-0.05, 0) is 37.2 Å². The molecule has 0 saturated carbocycles. The molecule has 11 heteroatoms. The van der Waals surface area contributed by atoms with Gasteiger partial charge in [-0.1, -0.05) is 27.7 Å². The van der Waals surface area contributed by atoms with E-state index >= 15 is 0 Å². The van der Waals surface area contributed by atoms with Gasteiger partial charge >= 0.3 is 5.97 Å². The molecule has 0 aromatic carbocycles. The zero-order valence-corrected chi connectivity index (χ0v) is 19.3. The van der Waals surface area contributed by atoms with Gasteiger partial charge in [-0.2, -0.15) is 11.8 Å². The van der Waals surface area contributed by atoms with Gasteiger partial charge in [0, 0.05) is 0 Å². The molecule has 174 valence electrons. The van der Waals surface area contributed by atoms with Gasteiger partial charge in [0.2, 0.25) is 17.7 Å². The van der Waals surface area contributed by atoms with Crippen LogP contribution in [0.2, 0.25) is 0 Å². The fourth-order valence-electron chi connectivity index (χ4n) is 2.50. The van der Waals surface area contributed by atoms with Crippen molar-refractivity contribution in [3.05, 3.63) is 0 Å². The Morgan fingerprint density at radius 2 is 1.40 bits per heavy atom. The molecule has 0 aliphatic carbocycles. The van der Waals surface area contributed by atoms with Gasteiger partial charge in [0.1, 0.15) is 12.1 Å². The smallest absolute Gasteiger partial charge is 0.328 e. The van der Waals surface area contributed by atoms with Gasteiger partial charge in [0.05, 0.1) is 12.1 Å². The Labute approximate surface area is 182 Å². The molecule has 0 saturated heterocycles. The SMILES string of the molecule is CSCCC(NC(=O)C(NC(=O)C(N)C(C)C)C(C)C)C(=O)NC(C(=O)O)C(C)O. The lowest BCUT2D eigenvalue weighted by atomic mass is 10.00. The van der Waals surface area contributed by atoms with Crippen molar-refractivity contribution in [2.45, 2.75) is 71.3 Å². The molecule has 0 aromatic rings. The molecule has 30 heavy (non-hydrogen) atoms. The average molecular weight is 449 g/mol. The number of carbonyl (C=O) groups excluding carboxylic acids is 3. The summed E-state index contributed by atoms with van der Waals surface area (Å²) in [6.07, 6.45) is 0.760. The summed E-state index contributed by atoms with van der Waals surface area (Å²) in [4.78, 5) is 49.0. The Kier molecular flexibility index (Phi) is 12.6. The molecule has 0 aromatic heterocycles. The minimum Gasteiger partial charge on any atom is -0.480 e. The quantitative estimate of drug-likeness (QED) is 0.215. The Morgan fingerprint density at radius 3 is 1.80 bits per heavy atom. The second-order valence-corrected chi connectivity index (χ2v) is 8.89. The van der Waals surface area contributed by atoms with Crippen LogP contribution in [0.1, 0.15) is 41.0 Å². The van der Waals surface area contributed by atoms with E-state index in [0.717, 1.165) is 0 Å². The van der Waals surface area contributed by atoms with Crippen molar-refractivity contribution in [3.8, 4) is 0 Å². The van der Waals surface area contributed by atoms with Crippen LogP contribution in [0.3, 0.4) is 0 Å². The molecule has 0 bridgehead atoms. The summed E-state index contributed by atoms with van der Waals surface area (Å²) in [7, 11) is 0. The lowest BCUT2D eigenvalue weighted by Gasteiger charge is -2.27. The summed E-state index contributed by atoms with van der Waals surface area (Å²) >= 11 is 1.46. The van der Waals surface area contributed by atoms with E-state index in [1.54, 1.807) is 27.7 Å². The van der Waals surface area contributed by atoms with Crippen LogP contribution in [-0.2, 0) is 19.2 Å². The van der Waals surface area contributed by atoms with Crippen LogP contribution < -0.4 is 21.7 Å². The number of aliphatic hydroxyl groups is 1. The molecule has 10 nitrogen and oxygen atoms in total. The van der Waals surface area contributed by atoms with Crippen molar-refractivity contribution < 1.29 is 29.4 Å². The maximum atomic E-state index is 12.8. The summed E-state index contributed by atoms with van der Waals surface area (Å²) < 4.78 is 0. The van der Waals surface area contributed by atoms with Crippen molar-refractivity contribution in [2.75, 3.05) is 12.0 Å². The van der Waals surface area contributed by atoms with E-state index in [1.165, 1.54) is 18.7 Å². The maximum absolute atomic E-state index is 12.8. The Morgan fingerprint density at radius 1 is 0.867 bits per heavy atom. The van der Waals surface area contributed by atoms with Crippen LogP contribution in [0.5, 0.6) is 0 Å². The average Bonchev–Trinajstić information content (AvgIpc) is 2.64. The van der Waals surface area contributed by atoms with Crippen LogP contribution in [0.15, 0.2) is 0 Å². The molecule has 0 fully saturated rings. The highest BCUT2D eigenvalue weighted by Crippen LogP contribution is 2.08. The highest BCUT2D eigenvalue weighted by molar-refractivity contribution is 7.98. The maximum Gasteiger partial charge on any atom is 0.328 e. The number of nitrogens with one attached hydrogen (secondary N) is 3. The molecule has 7 N–H and O–H groups in total. The van der Waals surface area contributed by atoms with E-state index in [4.69, 9.17) is 10.8 Å². The van der Waals surface area contributed by atoms with Crippen molar-refractivity contribution in [3.63, 3.8) is 0 Å². The van der Waals surface area contributed by atoms with E-state index in [2.05, 4.69) is 16.0 Å². The number of carboxylic acid groups (broad SMARTS) is 1. The molecule has 3 amide bonds. The number of rotatable bonds is 13. The molecule has 0 aliphatic heterocycles. The minimum absolute atomic E-state index is 0.116. The summed E-state index contributed by atoms with van der Waals surface area (Å²) in [5, 5.41) is 26.2. The zero-order chi connectivity index (χ0) is 23.6. The van der Waals surface area contributed by atoms with Crippen molar-refractivity contribution in [1.29, 1.82) is 0 Å². The third-order valence-electron chi connectivity index (χ3n) is 4.56. The number of aliphatic carboxylic acids is 1. The van der Waals surface area contributed by atoms with Crippen LogP contribution in [-0.4, -0.2) is 76.2 Å². The molecule has 0 rings (SSSR count). The van der Waals surface area contributed by atoms with E-state index in [9.17, 15) is 24.3 Å². The number of thioether (sulfide) groups is 1. The van der Waals surface area contributed by atoms with Crippen LogP contribution in [0.4, 0.5) is 0 Å². The number of hydrogen-bond donors (Lipinski definition) is 6.